The van der Waals surface area contributed by atoms with Crippen molar-refractivity contribution in [3.63, 3.8) is 0 Å². The maximum Gasteiger partial charge on any atom is 0.342 e. The molecule has 6 nitrogen and oxygen atoms in total. The third-order valence-electron chi connectivity index (χ3n) is 3.00. The molecule has 0 spiro atoms. The first-order valence-electron chi connectivity index (χ1n) is 5.90. The van der Waals surface area contributed by atoms with Crippen LogP contribution in [0.3, 0.4) is 0 Å². The summed E-state index contributed by atoms with van der Waals surface area (Å²) in [7, 11) is 0. The smallest absolute Gasteiger partial charge is 0.342 e. The van der Waals surface area contributed by atoms with Crippen molar-refractivity contribution < 1.29 is 28.7 Å². The van der Waals surface area contributed by atoms with Crippen molar-refractivity contribution in [2.24, 2.45) is 0 Å². The predicted octanol–water partition coefficient (Wildman–Crippen LogP) is 0.956. The minimum Gasteiger partial charge on any atom is -0.389 e. The molecular weight excluding hydrogens is 252 g/mol. The van der Waals surface area contributed by atoms with Crippen LogP contribution in [0.25, 0.3) is 0 Å². The van der Waals surface area contributed by atoms with Crippen LogP contribution in [-0.2, 0) is 28.7 Å². The van der Waals surface area contributed by atoms with Crippen LogP contribution >= 0.6 is 0 Å². The zero-order valence-corrected chi connectivity index (χ0v) is 10.2. The summed E-state index contributed by atoms with van der Waals surface area (Å²) in [4.78, 5) is 42.2. The standard InChI is InChI=1S/C8H8O3.C5H4O3/c9-7-5-3-1-2-4-6(5)8(10)11-7;1-3-2-4(6)8-5(3)7/h1-4H2;1-2H2. The van der Waals surface area contributed by atoms with Crippen molar-refractivity contribution in [3.05, 3.63) is 23.3 Å². The van der Waals surface area contributed by atoms with E-state index in [1.54, 1.807) is 0 Å². The topological polar surface area (TPSA) is 86.7 Å². The Morgan fingerprint density at radius 1 is 0.789 bits per heavy atom. The summed E-state index contributed by atoms with van der Waals surface area (Å²) < 4.78 is 8.55. The summed E-state index contributed by atoms with van der Waals surface area (Å²) in [6.45, 7) is 3.29. The van der Waals surface area contributed by atoms with E-state index in [2.05, 4.69) is 16.1 Å². The molecule has 0 bridgehead atoms. The van der Waals surface area contributed by atoms with Gasteiger partial charge in [-0.3, -0.25) is 4.79 Å². The van der Waals surface area contributed by atoms with Gasteiger partial charge in [0.2, 0.25) is 0 Å². The number of cyclic esters (lactones) is 4. The maximum absolute atomic E-state index is 10.9. The summed E-state index contributed by atoms with van der Waals surface area (Å²) in [6.07, 6.45) is 3.50. The molecule has 1 fully saturated rings. The Morgan fingerprint density at radius 3 is 1.63 bits per heavy atom. The Hall–Kier alpha value is -2.24. The first-order chi connectivity index (χ1) is 8.99. The molecule has 3 aliphatic rings. The molecule has 3 rings (SSSR count). The molecule has 0 radical (unpaired) electrons. The first kappa shape index (κ1) is 13.2. The van der Waals surface area contributed by atoms with Gasteiger partial charge in [0.05, 0.1) is 6.42 Å². The van der Waals surface area contributed by atoms with Gasteiger partial charge >= 0.3 is 23.9 Å². The van der Waals surface area contributed by atoms with Crippen LogP contribution in [-0.4, -0.2) is 23.9 Å². The number of carbonyl (C=O) groups excluding carboxylic acids is 4. The van der Waals surface area contributed by atoms with Gasteiger partial charge in [-0.25, -0.2) is 14.4 Å². The van der Waals surface area contributed by atoms with Crippen molar-refractivity contribution in [1.82, 2.24) is 0 Å². The maximum atomic E-state index is 10.9. The fourth-order valence-electron chi connectivity index (χ4n) is 2.02. The van der Waals surface area contributed by atoms with E-state index >= 15 is 0 Å². The van der Waals surface area contributed by atoms with Crippen molar-refractivity contribution in [2.75, 3.05) is 0 Å². The lowest BCUT2D eigenvalue weighted by molar-refractivity contribution is -0.152. The number of hydrogen-bond acceptors (Lipinski definition) is 6. The minimum atomic E-state index is -0.588. The highest BCUT2D eigenvalue weighted by molar-refractivity contribution is 6.12. The van der Waals surface area contributed by atoms with Crippen LogP contribution in [0.15, 0.2) is 23.3 Å². The second kappa shape index (κ2) is 5.17. The van der Waals surface area contributed by atoms with Gasteiger partial charge in [-0.2, -0.15) is 0 Å². The zero-order valence-electron chi connectivity index (χ0n) is 10.2. The number of esters is 4. The molecule has 6 heteroatoms. The second-order valence-corrected chi connectivity index (χ2v) is 4.38. The van der Waals surface area contributed by atoms with Gasteiger partial charge in [-0.05, 0) is 25.7 Å². The lowest BCUT2D eigenvalue weighted by atomic mass is 9.93. The molecule has 2 heterocycles. The van der Waals surface area contributed by atoms with Crippen LogP contribution in [0.1, 0.15) is 32.1 Å². The molecule has 0 aromatic heterocycles. The number of carbonyl (C=O) groups is 4. The van der Waals surface area contributed by atoms with E-state index in [4.69, 9.17) is 0 Å². The van der Waals surface area contributed by atoms with E-state index < -0.39 is 23.9 Å². The van der Waals surface area contributed by atoms with Gasteiger partial charge in [0, 0.05) is 16.7 Å². The third kappa shape index (κ3) is 2.78. The predicted molar refractivity (Wildman–Crippen MR) is 61.4 cm³/mol. The molecule has 0 atom stereocenters. The van der Waals surface area contributed by atoms with E-state index in [9.17, 15) is 19.2 Å². The van der Waals surface area contributed by atoms with E-state index in [0.29, 0.717) is 11.1 Å². The Labute approximate surface area is 109 Å². The highest BCUT2D eigenvalue weighted by Gasteiger charge is 2.33. The largest absolute Gasteiger partial charge is 0.389 e. The van der Waals surface area contributed by atoms with Crippen molar-refractivity contribution in [2.45, 2.75) is 32.1 Å². The minimum absolute atomic E-state index is 0.0544. The average molecular weight is 264 g/mol. The van der Waals surface area contributed by atoms with Gasteiger partial charge in [0.25, 0.3) is 0 Å². The molecule has 0 unspecified atom stereocenters. The third-order valence-corrected chi connectivity index (χ3v) is 3.00. The molecule has 1 saturated heterocycles. The number of ether oxygens (including phenoxy) is 2. The summed E-state index contributed by atoms with van der Waals surface area (Å²) in [5, 5.41) is 0. The molecule has 1 aliphatic carbocycles. The molecule has 100 valence electrons. The van der Waals surface area contributed by atoms with Gasteiger partial charge in [-0.15, -0.1) is 0 Å². The highest BCUT2D eigenvalue weighted by Crippen LogP contribution is 2.30. The monoisotopic (exact) mass is 264 g/mol. The molecule has 2 aliphatic heterocycles. The van der Waals surface area contributed by atoms with E-state index in [0.717, 1.165) is 25.7 Å². The van der Waals surface area contributed by atoms with E-state index in [1.807, 2.05) is 0 Å². The second-order valence-electron chi connectivity index (χ2n) is 4.38. The number of rotatable bonds is 0. The summed E-state index contributed by atoms with van der Waals surface area (Å²) >= 11 is 0. The highest BCUT2D eigenvalue weighted by atomic mass is 16.6. The van der Waals surface area contributed by atoms with E-state index in [-0.39, 0.29) is 12.0 Å². The first-order valence-corrected chi connectivity index (χ1v) is 5.90. The fourth-order valence-corrected chi connectivity index (χ4v) is 2.02. The van der Waals surface area contributed by atoms with Crippen LogP contribution in [0.2, 0.25) is 0 Å². The molecule has 0 aromatic rings. The van der Waals surface area contributed by atoms with Crippen LogP contribution in [0.4, 0.5) is 0 Å². The van der Waals surface area contributed by atoms with Gasteiger partial charge in [0.1, 0.15) is 0 Å². The number of hydrogen-bond donors (Lipinski definition) is 0. The summed E-state index contributed by atoms with van der Waals surface area (Å²) in [5.74, 6) is -1.91. The quantitative estimate of drug-likeness (QED) is 0.368. The van der Waals surface area contributed by atoms with Crippen LogP contribution < -0.4 is 0 Å². The lowest BCUT2D eigenvalue weighted by Gasteiger charge is -2.07. The molecule has 0 amide bonds. The lowest BCUT2D eigenvalue weighted by Crippen LogP contribution is -2.01. The zero-order chi connectivity index (χ0) is 14.0. The van der Waals surface area contributed by atoms with Crippen LogP contribution in [0, 0.1) is 0 Å². The Morgan fingerprint density at radius 2 is 1.32 bits per heavy atom. The summed E-state index contributed by atoms with van der Waals surface area (Å²) in [5.41, 5.74) is 1.50. The normalized spacial score (nSPS) is 21.8. The SMILES string of the molecule is C=C1CC(=O)OC1=O.O=C1OC(=O)C2=C1CCCC2. The van der Waals surface area contributed by atoms with Crippen LogP contribution in [0.5, 0.6) is 0 Å². The average Bonchev–Trinajstić information content (AvgIpc) is 2.82. The van der Waals surface area contributed by atoms with Crippen molar-refractivity contribution in [1.29, 1.82) is 0 Å². The van der Waals surface area contributed by atoms with Gasteiger partial charge in [-0.1, -0.05) is 6.58 Å². The molecule has 19 heavy (non-hydrogen) atoms. The Balaban J connectivity index is 0.000000148. The molecule has 0 aromatic carbocycles. The molecular formula is C13H12O6. The summed E-state index contributed by atoms with van der Waals surface area (Å²) in [6, 6.07) is 0. The fraction of sp³-hybridized carbons (Fsp3) is 0.385. The molecule has 0 saturated carbocycles. The van der Waals surface area contributed by atoms with E-state index in [1.165, 1.54) is 0 Å². The Kier molecular flexibility index (Phi) is 3.59. The van der Waals surface area contributed by atoms with Crippen molar-refractivity contribution >= 4 is 23.9 Å². The Bertz CT molecular complexity index is 481. The van der Waals surface area contributed by atoms with Gasteiger partial charge in [0.15, 0.2) is 0 Å². The molecule has 0 N–H and O–H groups in total. The van der Waals surface area contributed by atoms with Crippen molar-refractivity contribution in [3.8, 4) is 0 Å². The van der Waals surface area contributed by atoms with Gasteiger partial charge < -0.3 is 9.47 Å².